The zero-order valence-corrected chi connectivity index (χ0v) is 13.9. The van der Waals surface area contributed by atoms with Crippen LogP contribution in [0.5, 0.6) is 0 Å². The van der Waals surface area contributed by atoms with Gasteiger partial charge < -0.3 is 14.8 Å². The number of rotatable bonds is 5. The monoisotopic (exact) mass is 307 g/mol. The second-order valence-electron chi connectivity index (χ2n) is 6.37. The molecule has 1 N–H and O–H groups in total. The zero-order chi connectivity index (χ0) is 16.8. The van der Waals surface area contributed by atoms with Crippen molar-refractivity contribution in [2.24, 2.45) is 0 Å². The summed E-state index contributed by atoms with van der Waals surface area (Å²) in [7, 11) is 0. The minimum atomic E-state index is -1.11. The molecule has 0 radical (unpaired) electrons. The van der Waals surface area contributed by atoms with Gasteiger partial charge in [-0.2, -0.15) is 0 Å². The molecule has 0 aromatic heterocycles. The van der Waals surface area contributed by atoms with Gasteiger partial charge in [0.2, 0.25) is 0 Å². The summed E-state index contributed by atoms with van der Waals surface area (Å²) in [6, 6.07) is 9.35. The standard InChI is InChI=1S/C17H25NO4/c1-6-17(5,14(19)22-16(2,3)4)18-15(20)21-12-13-10-8-7-9-11-13/h7-11H,6,12H2,1-5H3,(H,18,20)/t17-/m0/s1. The lowest BCUT2D eigenvalue weighted by molar-refractivity contribution is -0.162. The van der Waals surface area contributed by atoms with Gasteiger partial charge in [-0.15, -0.1) is 0 Å². The van der Waals surface area contributed by atoms with Gasteiger partial charge in [0.25, 0.3) is 0 Å². The molecule has 0 saturated heterocycles. The fraction of sp³-hybridized carbons (Fsp3) is 0.529. The first kappa shape index (κ1) is 18.0. The van der Waals surface area contributed by atoms with Crippen LogP contribution in [0.2, 0.25) is 0 Å². The van der Waals surface area contributed by atoms with E-state index in [1.54, 1.807) is 34.6 Å². The number of hydrogen-bond acceptors (Lipinski definition) is 4. The molecule has 5 nitrogen and oxygen atoms in total. The number of esters is 1. The largest absolute Gasteiger partial charge is 0.458 e. The first-order valence-electron chi connectivity index (χ1n) is 7.38. The summed E-state index contributed by atoms with van der Waals surface area (Å²) in [5.74, 6) is -0.473. The quantitative estimate of drug-likeness (QED) is 0.847. The van der Waals surface area contributed by atoms with Crippen LogP contribution in [-0.4, -0.2) is 23.2 Å². The lowest BCUT2D eigenvalue weighted by atomic mass is 9.99. The summed E-state index contributed by atoms with van der Waals surface area (Å²) in [6.07, 6.45) is -0.235. The summed E-state index contributed by atoms with van der Waals surface area (Å²) < 4.78 is 10.5. The minimum absolute atomic E-state index is 0.154. The first-order chi connectivity index (χ1) is 10.2. The Balaban J connectivity index is 2.60. The van der Waals surface area contributed by atoms with Gasteiger partial charge in [-0.25, -0.2) is 9.59 Å². The molecular weight excluding hydrogens is 282 g/mol. The Morgan fingerprint density at radius 1 is 1.09 bits per heavy atom. The Labute approximate surface area is 132 Å². The van der Waals surface area contributed by atoms with Crippen molar-refractivity contribution in [2.45, 2.75) is 58.8 Å². The fourth-order valence-corrected chi connectivity index (χ4v) is 1.66. The van der Waals surface area contributed by atoms with Crippen LogP contribution in [0.4, 0.5) is 4.79 Å². The van der Waals surface area contributed by atoms with Gasteiger partial charge in [0, 0.05) is 0 Å². The second kappa shape index (κ2) is 7.29. The number of benzene rings is 1. The number of nitrogens with one attached hydrogen (secondary N) is 1. The predicted octanol–water partition coefficient (Wildman–Crippen LogP) is 3.42. The van der Waals surface area contributed by atoms with Crippen LogP contribution in [0.15, 0.2) is 30.3 Å². The summed E-state index contributed by atoms with van der Waals surface area (Å²) >= 11 is 0. The van der Waals surface area contributed by atoms with Crippen molar-refractivity contribution in [3.8, 4) is 0 Å². The highest BCUT2D eigenvalue weighted by atomic mass is 16.6. The molecule has 122 valence electrons. The van der Waals surface area contributed by atoms with Crippen LogP contribution in [0.3, 0.4) is 0 Å². The maximum Gasteiger partial charge on any atom is 0.408 e. The molecule has 0 aliphatic carbocycles. The van der Waals surface area contributed by atoms with E-state index in [-0.39, 0.29) is 6.61 Å². The number of ether oxygens (including phenoxy) is 2. The third kappa shape index (κ3) is 5.76. The van der Waals surface area contributed by atoms with Crippen LogP contribution in [-0.2, 0) is 20.9 Å². The average molecular weight is 307 g/mol. The van der Waals surface area contributed by atoms with Crippen molar-refractivity contribution in [1.29, 1.82) is 0 Å². The molecule has 0 heterocycles. The van der Waals surface area contributed by atoms with E-state index in [0.717, 1.165) is 5.56 Å². The molecule has 0 saturated carbocycles. The molecule has 0 spiro atoms. The highest BCUT2D eigenvalue weighted by Gasteiger charge is 2.37. The molecule has 0 fully saturated rings. The SMILES string of the molecule is CC[C@](C)(NC(=O)OCc1ccccc1)C(=O)OC(C)(C)C. The molecule has 1 aromatic rings. The number of hydrogen-bond donors (Lipinski definition) is 1. The topological polar surface area (TPSA) is 64.6 Å². The minimum Gasteiger partial charge on any atom is -0.458 e. The Bertz CT molecular complexity index is 507. The highest BCUT2D eigenvalue weighted by Crippen LogP contribution is 2.17. The number of alkyl carbamates (subject to hydrolysis) is 1. The van der Waals surface area contributed by atoms with E-state index in [1.807, 2.05) is 30.3 Å². The third-order valence-corrected chi connectivity index (χ3v) is 3.15. The van der Waals surface area contributed by atoms with Gasteiger partial charge in [-0.3, -0.25) is 0 Å². The van der Waals surface area contributed by atoms with E-state index in [2.05, 4.69) is 5.32 Å². The highest BCUT2D eigenvalue weighted by molar-refractivity contribution is 5.85. The number of carbonyl (C=O) groups is 2. The van der Waals surface area contributed by atoms with Crippen molar-refractivity contribution >= 4 is 12.1 Å². The average Bonchev–Trinajstić information content (AvgIpc) is 2.44. The Morgan fingerprint density at radius 2 is 1.68 bits per heavy atom. The van der Waals surface area contributed by atoms with Crippen LogP contribution in [0.25, 0.3) is 0 Å². The summed E-state index contributed by atoms with van der Waals surface area (Å²) in [5, 5.41) is 2.60. The van der Waals surface area contributed by atoms with Gasteiger partial charge >= 0.3 is 12.1 Å². The zero-order valence-electron chi connectivity index (χ0n) is 13.9. The number of amides is 1. The van der Waals surface area contributed by atoms with Gasteiger partial charge in [0.1, 0.15) is 17.7 Å². The number of carbonyl (C=O) groups excluding carboxylic acids is 2. The molecule has 1 rings (SSSR count). The molecule has 5 heteroatoms. The lowest BCUT2D eigenvalue weighted by Crippen LogP contribution is -2.54. The molecule has 0 bridgehead atoms. The van der Waals surface area contributed by atoms with Gasteiger partial charge in [0.05, 0.1) is 0 Å². The first-order valence-corrected chi connectivity index (χ1v) is 7.38. The molecule has 0 aliphatic rings. The smallest absolute Gasteiger partial charge is 0.408 e. The van der Waals surface area contributed by atoms with Gasteiger partial charge in [0.15, 0.2) is 0 Å². The van der Waals surface area contributed by atoms with Crippen LogP contribution in [0.1, 0.15) is 46.6 Å². The molecule has 0 aliphatic heterocycles. The summed E-state index contributed by atoms with van der Waals surface area (Å²) in [4.78, 5) is 24.1. The normalized spacial score (nSPS) is 13.9. The van der Waals surface area contributed by atoms with Crippen molar-refractivity contribution in [2.75, 3.05) is 0 Å². The maximum absolute atomic E-state index is 12.2. The summed E-state index contributed by atoms with van der Waals surface area (Å²) in [5.41, 5.74) is -0.836. The van der Waals surface area contributed by atoms with E-state index in [4.69, 9.17) is 9.47 Å². The Morgan fingerprint density at radius 3 is 2.18 bits per heavy atom. The lowest BCUT2D eigenvalue weighted by Gasteiger charge is -2.31. The fourth-order valence-electron chi connectivity index (χ4n) is 1.66. The molecular formula is C17H25NO4. The molecule has 1 atom stereocenters. The molecule has 1 amide bonds. The van der Waals surface area contributed by atoms with Crippen molar-refractivity contribution in [3.63, 3.8) is 0 Å². The predicted molar refractivity (Wildman–Crippen MR) is 84.3 cm³/mol. The van der Waals surface area contributed by atoms with E-state index >= 15 is 0 Å². The van der Waals surface area contributed by atoms with Gasteiger partial charge in [-0.1, -0.05) is 37.3 Å². The molecule has 22 heavy (non-hydrogen) atoms. The molecule has 0 unspecified atom stereocenters. The van der Waals surface area contributed by atoms with Crippen LogP contribution < -0.4 is 5.32 Å². The second-order valence-corrected chi connectivity index (χ2v) is 6.37. The van der Waals surface area contributed by atoms with Gasteiger partial charge in [-0.05, 0) is 39.7 Å². The maximum atomic E-state index is 12.2. The van der Waals surface area contributed by atoms with E-state index in [9.17, 15) is 9.59 Å². The van der Waals surface area contributed by atoms with Crippen molar-refractivity contribution in [3.05, 3.63) is 35.9 Å². The van der Waals surface area contributed by atoms with Crippen molar-refractivity contribution < 1.29 is 19.1 Å². The van der Waals surface area contributed by atoms with E-state index in [1.165, 1.54) is 0 Å². The van der Waals surface area contributed by atoms with E-state index < -0.39 is 23.2 Å². The molecule has 1 aromatic carbocycles. The van der Waals surface area contributed by atoms with Crippen LogP contribution in [0, 0.1) is 0 Å². The summed E-state index contributed by atoms with van der Waals surface area (Å²) in [6.45, 7) is 8.95. The van der Waals surface area contributed by atoms with Crippen molar-refractivity contribution in [1.82, 2.24) is 5.32 Å². The third-order valence-electron chi connectivity index (χ3n) is 3.15. The van der Waals surface area contributed by atoms with E-state index in [0.29, 0.717) is 6.42 Å². The Hall–Kier alpha value is -2.04. The Kier molecular flexibility index (Phi) is 5.97. The van der Waals surface area contributed by atoms with Crippen LogP contribution >= 0.6 is 0 Å².